The van der Waals surface area contributed by atoms with E-state index in [1.165, 1.54) is 12.1 Å². The summed E-state index contributed by atoms with van der Waals surface area (Å²) in [6, 6.07) is 11.7. The van der Waals surface area contributed by atoms with Gasteiger partial charge in [-0.25, -0.2) is 18.1 Å². The normalized spacial score (nSPS) is 22.2. The Morgan fingerprint density at radius 2 is 1.59 bits per heavy atom. The average molecular weight is 649 g/mol. The molecule has 0 saturated heterocycles. The second kappa shape index (κ2) is 12.6. The number of anilines is 1. The highest BCUT2D eigenvalue weighted by Gasteiger charge is 2.39. The van der Waals surface area contributed by atoms with E-state index in [-0.39, 0.29) is 52.7 Å². The van der Waals surface area contributed by atoms with E-state index >= 15 is 0 Å². The van der Waals surface area contributed by atoms with Crippen LogP contribution in [0.15, 0.2) is 47.4 Å². The molecule has 4 bridgehead atoms. The van der Waals surface area contributed by atoms with E-state index in [1.54, 1.807) is 12.1 Å². The largest absolute Gasteiger partial charge is 0.475 e. The number of aliphatic hydroxyl groups is 1. The SMILES string of the molecule is Cc1cccc(C)c1-c1nc2nc(c1C)OC[C@@H](CC(C)(C)C)N([C@H]1CC[C@H](C(C)(C)O)CC1)C(=O)c1cccc(c1)S(=O)(=O)N2. The summed E-state index contributed by atoms with van der Waals surface area (Å²) in [5.41, 5.74) is 3.52. The number of hydrogen-bond donors (Lipinski definition) is 2. The number of hydrogen-bond acceptors (Lipinski definition) is 7. The molecule has 1 amide bonds. The van der Waals surface area contributed by atoms with Crippen molar-refractivity contribution in [2.24, 2.45) is 11.3 Å². The summed E-state index contributed by atoms with van der Waals surface area (Å²) in [5.74, 6) is 0.0837. The first-order chi connectivity index (χ1) is 21.4. The maximum atomic E-state index is 14.5. The van der Waals surface area contributed by atoms with E-state index in [1.807, 2.05) is 57.7 Å². The number of ether oxygens (including phenoxy) is 1. The lowest BCUT2D eigenvalue weighted by molar-refractivity contribution is -0.0187. The minimum atomic E-state index is -4.15. The molecule has 0 unspecified atom stereocenters. The van der Waals surface area contributed by atoms with Crippen LogP contribution in [0, 0.1) is 32.1 Å². The van der Waals surface area contributed by atoms with E-state index < -0.39 is 15.6 Å². The van der Waals surface area contributed by atoms with Gasteiger partial charge in [-0.3, -0.25) is 4.79 Å². The van der Waals surface area contributed by atoms with Gasteiger partial charge < -0.3 is 14.7 Å². The van der Waals surface area contributed by atoms with Gasteiger partial charge in [0.05, 0.1) is 22.2 Å². The van der Waals surface area contributed by atoms with E-state index in [4.69, 9.17) is 9.72 Å². The Bertz CT molecular complexity index is 1700. The second-order valence-electron chi connectivity index (χ2n) is 14.8. The molecular weight excluding hydrogens is 600 g/mol. The fourth-order valence-corrected chi connectivity index (χ4v) is 8.04. The van der Waals surface area contributed by atoms with Crippen molar-refractivity contribution in [2.45, 2.75) is 110 Å². The Morgan fingerprint density at radius 1 is 0.957 bits per heavy atom. The first-order valence-corrected chi connectivity index (χ1v) is 17.7. The number of nitrogens with zero attached hydrogens (tertiary/aromatic N) is 3. The minimum Gasteiger partial charge on any atom is -0.475 e. The quantitative estimate of drug-likeness (QED) is 0.318. The van der Waals surface area contributed by atoms with Crippen molar-refractivity contribution in [1.82, 2.24) is 14.9 Å². The third-order valence-electron chi connectivity index (χ3n) is 9.41. The van der Waals surface area contributed by atoms with E-state index in [9.17, 15) is 18.3 Å². The molecule has 9 nitrogen and oxygen atoms in total. The molecule has 0 radical (unpaired) electrons. The number of rotatable bonds is 4. The molecule has 0 spiro atoms. The van der Waals surface area contributed by atoms with Crippen LogP contribution in [0.1, 0.15) is 93.8 Å². The van der Waals surface area contributed by atoms with Gasteiger partial charge in [-0.1, -0.05) is 45.0 Å². The van der Waals surface area contributed by atoms with Gasteiger partial charge in [0.15, 0.2) is 0 Å². The number of amides is 1. The van der Waals surface area contributed by atoms with Crippen LogP contribution in [0.3, 0.4) is 0 Å². The van der Waals surface area contributed by atoms with Crippen LogP contribution in [0.5, 0.6) is 5.88 Å². The number of benzene rings is 2. The second-order valence-corrected chi connectivity index (χ2v) is 16.5. The highest BCUT2D eigenvalue weighted by molar-refractivity contribution is 7.92. The summed E-state index contributed by atoms with van der Waals surface area (Å²) in [4.78, 5) is 25.7. The Hall–Kier alpha value is -3.50. The summed E-state index contributed by atoms with van der Waals surface area (Å²) < 4.78 is 36.6. The Morgan fingerprint density at radius 3 is 2.20 bits per heavy atom. The van der Waals surface area contributed by atoms with E-state index in [0.29, 0.717) is 23.2 Å². The van der Waals surface area contributed by atoms with Crippen molar-refractivity contribution < 1.29 is 23.1 Å². The smallest absolute Gasteiger partial charge is 0.264 e. The Labute approximate surface area is 273 Å². The van der Waals surface area contributed by atoms with E-state index in [0.717, 1.165) is 42.4 Å². The van der Waals surface area contributed by atoms with Crippen molar-refractivity contribution in [3.63, 3.8) is 0 Å². The van der Waals surface area contributed by atoms with Crippen LogP contribution < -0.4 is 9.46 Å². The first-order valence-electron chi connectivity index (χ1n) is 16.2. The predicted molar refractivity (Wildman–Crippen MR) is 180 cm³/mol. The van der Waals surface area contributed by atoms with Crippen molar-refractivity contribution >= 4 is 21.9 Å². The van der Waals surface area contributed by atoms with Crippen molar-refractivity contribution in [3.05, 3.63) is 64.7 Å². The average Bonchev–Trinajstić information content (AvgIpc) is 2.96. The summed E-state index contributed by atoms with van der Waals surface area (Å²) in [6.07, 6.45) is 3.68. The Balaban J connectivity index is 1.67. The fraction of sp³-hybridized carbons (Fsp3) is 0.528. The van der Waals surface area contributed by atoms with Gasteiger partial charge in [-0.05, 0) is 107 Å². The maximum absolute atomic E-state index is 14.5. The maximum Gasteiger partial charge on any atom is 0.264 e. The van der Waals surface area contributed by atoms with Gasteiger partial charge in [0.1, 0.15) is 6.61 Å². The van der Waals surface area contributed by atoms with Crippen LogP contribution in [0.25, 0.3) is 11.3 Å². The summed E-state index contributed by atoms with van der Waals surface area (Å²) in [7, 11) is -4.15. The third-order valence-corrected chi connectivity index (χ3v) is 10.7. The molecule has 10 heteroatoms. The van der Waals surface area contributed by atoms with Gasteiger partial charge in [0.2, 0.25) is 11.8 Å². The molecule has 3 aromatic rings. The van der Waals surface area contributed by atoms with Gasteiger partial charge in [0, 0.05) is 22.7 Å². The molecule has 2 aliphatic rings. The molecule has 1 fully saturated rings. The van der Waals surface area contributed by atoms with Crippen LogP contribution in [0.4, 0.5) is 5.95 Å². The summed E-state index contributed by atoms with van der Waals surface area (Å²) >= 11 is 0. The number of aromatic nitrogens is 2. The van der Waals surface area contributed by atoms with Crippen molar-refractivity contribution in [2.75, 3.05) is 11.3 Å². The summed E-state index contributed by atoms with van der Waals surface area (Å²) in [6.45, 7) is 16.2. The molecule has 248 valence electrons. The number of sulfonamides is 1. The molecular formula is C36H48N4O5S. The summed E-state index contributed by atoms with van der Waals surface area (Å²) in [5, 5.41) is 10.7. The van der Waals surface area contributed by atoms with Gasteiger partial charge in [0.25, 0.3) is 15.9 Å². The van der Waals surface area contributed by atoms with Crippen molar-refractivity contribution in [3.8, 4) is 17.1 Å². The first kappa shape index (κ1) is 33.9. The molecule has 1 aliphatic heterocycles. The van der Waals surface area contributed by atoms with Crippen LogP contribution in [-0.2, 0) is 10.0 Å². The van der Waals surface area contributed by atoms with Gasteiger partial charge in [-0.15, -0.1) is 0 Å². The lowest BCUT2D eigenvalue weighted by atomic mass is 9.76. The van der Waals surface area contributed by atoms with Crippen LogP contribution in [-0.4, -0.2) is 58.6 Å². The standard InChI is InChI=1S/C36H48N4O5S/c1-22-11-9-12-23(2)30(22)31-24(3)32-38-34(37-31)39-46(43,44)29-14-10-13-25(19-29)33(41)40(28(21-45-32)20-35(4,5)6)27-17-15-26(16-18-27)36(7,8)42/h9-14,19,26-28,42H,15-18,20-21H2,1-8H3,(H,37,38,39)/t26-,27-,28-/m1/s1. The van der Waals surface area contributed by atoms with Crippen LogP contribution >= 0.6 is 0 Å². The lowest BCUT2D eigenvalue weighted by Gasteiger charge is -2.44. The molecule has 5 rings (SSSR count). The number of carbonyl (C=O) groups excluding carboxylic acids is 1. The van der Waals surface area contributed by atoms with Gasteiger partial charge >= 0.3 is 0 Å². The topological polar surface area (TPSA) is 122 Å². The molecule has 1 atom stereocenters. The third kappa shape index (κ3) is 7.23. The number of carbonyl (C=O) groups is 1. The highest BCUT2D eigenvalue weighted by Crippen LogP contribution is 2.38. The minimum absolute atomic E-state index is 0.0454. The molecule has 2 N–H and O–H groups in total. The molecule has 2 heterocycles. The predicted octanol–water partition coefficient (Wildman–Crippen LogP) is 6.84. The zero-order chi connectivity index (χ0) is 33.6. The fourth-order valence-electron chi connectivity index (χ4n) is 7.05. The number of fused-ring (bicyclic) bond motifs is 4. The highest BCUT2D eigenvalue weighted by atomic mass is 32.2. The van der Waals surface area contributed by atoms with Crippen LogP contribution in [0.2, 0.25) is 0 Å². The molecule has 2 aromatic carbocycles. The van der Waals surface area contributed by atoms with Gasteiger partial charge in [-0.2, -0.15) is 4.98 Å². The zero-order valence-corrected chi connectivity index (χ0v) is 29.2. The Kier molecular flexibility index (Phi) is 9.27. The molecule has 1 aromatic heterocycles. The molecule has 1 saturated carbocycles. The monoisotopic (exact) mass is 648 g/mol. The van der Waals surface area contributed by atoms with Crippen molar-refractivity contribution in [1.29, 1.82) is 0 Å². The molecule has 46 heavy (non-hydrogen) atoms. The lowest BCUT2D eigenvalue weighted by Crippen LogP contribution is -2.52. The number of nitrogens with one attached hydrogen (secondary N) is 1. The number of aryl methyl sites for hydroxylation is 2. The molecule has 1 aliphatic carbocycles. The zero-order valence-electron chi connectivity index (χ0n) is 28.3. The van der Waals surface area contributed by atoms with E-state index in [2.05, 4.69) is 30.5 Å².